The van der Waals surface area contributed by atoms with Gasteiger partial charge in [-0.25, -0.2) is 0 Å². The minimum Gasteiger partial charge on any atom is -0.481 e. The van der Waals surface area contributed by atoms with Crippen molar-refractivity contribution in [1.29, 1.82) is 0 Å². The van der Waals surface area contributed by atoms with Crippen LogP contribution in [-0.2, 0) is 14.4 Å². The summed E-state index contributed by atoms with van der Waals surface area (Å²) in [6.07, 6.45) is 0. The third-order valence-corrected chi connectivity index (χ3v) is 5.44. The summed E-state index contributed by atoms with van der Waals surface area (Å²) in [5, 5.41) is 21.1. The Morgan fingerprint density at radius 3 is 1.58 bits per heavy atom. The summed E-state index contributed by atoms with van der Waals surface area (Å²) in [6, 6.07) is 15.2. The Morgan fingerprint density at radius 1 is 0.769 bits per heavy atom. The largest absolute Gasteiger partial charge is 0.481 e. The maximum atomic E-state index is 12.8. The van der Waals surface area contributed by atoms with Gasteiger partial charge in [0.25, 0.3) is 0 Å². The number of carboxylic acid groups (broad SMARTS) is 2. The van der Waals surface area contributed by atoms with Crippen LogP contribution in [0.25, 0.3) is 0 Å². The first-order chi connectivity index (χ1) is 12.5. The molecule has 3 N–H and O–H groups in total. The lowest BCUT2D eigenvalue weighted by Crippen LogP contribution is -2.50. The molecule has 0 heterocycles. The van der Waals surface area contributed by atoms with Gasteiger partial charge in [0.15, 0.2) is 0 Å². The summed E-state index contributed by atoms with van der Waals surface area (Å²) in [4.78, 5) is 35.7. The fourth-order valence-electron chi connectivity index (χ4n) is 4.57. The molecule has 1 amide bonds. The monoisotopic (exact) mass is 351 g/mol. The van der Waals surface area contributed by atoms with Crippen molar-refractivity contribution in [2.75, 3.05) is 6.54 Å². The molecule has 6 nitrogen and oxygen atoms in total. The predicted octanol–water partition coefficient (Wildman–Crippen LogP) is 1.80. The molecule has 26 heavy (non-hydrogen) atoms. The first kappa shape index (κ1) is 16.3. The van der Waals surface area contributed by atoms with Crippen molar-refractivity contribution in [3.63, 3.8) is 0 Å². The van der Waals surface area contributed by atoms with Crippen LogP contribution in [0.4, 0.5) is 0 Å². The number of benzene rings is 2. The first-order valence-corrected chi connectivity index (χ1v) is 8.40. The number of carboxylic acids is 2. The molecular weight excluding hydrogens is 334 g/mol. The number of rotatable bonds is 4. The van der Waals surface area contributed by atoms with Crippen molar-refractivity contribution in [3.8, 4) is 0 Å². The van der Waals surface area contributed by atoms with Crippen molar-refractivity contribution in [3.05, 3.63) is 70.8 Å². The Hall–Kier alpha value is -3.15. The number of carbonyl (C=O) groups is 3. The Bertz CT molecular complexity index is 874. The zero-order valence-corrected chi connectivity index (χ0v) is 13.8. The highest BCUT2D eigenvalue weighted by Gasteiger charge is 2.55. The summed E-state index contributed by atoms with van der Waals surface area (Å²) in [6.45, 7) is -0.525. The van der Waals surface area contributed by atoms with E-state index >= 15 is 0 Å². The zero-order valence-electron chi connectivity index (χ0n) is 13.8. The second-order valence-electron chi connectivity index (χ2n) is 6.71. The predicted molar refractivity (Wildman–Crippen MR) is 91.8 cm³/mol. The van der Waals surface area contributed by atoms with Gasteiger partial charge in [0.05, 0.1) is 11.8 Å². The second kappa shape index (κ2) is 5.98. The standard InChI is InChI=1S/C20H17NO5/c22-14(23)9-21-19(24)17-15-10-5-1-3-7-12(10)16(18(17)20(25)26)13-8-4-2-6-11(13)15/h1-8,15-18H,9H2,(H,21,24)(H,22,23)(H,25,26). The smallest absolute Gasteiger partial charge is 0.322 e. The number of nitrogens with one attached hydrogen (secondary N) is 1. The fraction of sp³-hybridized carbons (Fsp3) is 0.250. The third kappa shape index (κ3) is 2.29. The quantitative estimate of drug-likeness (QED) is 0.779. The van der Waals surface area contributed by atoms with Gasteiger partial charge in [-0.1, -0.05) is 48.5 Å². The fourth-order valence-corrected chi connectivity index (χ4v) is 4.57. The molecule has 2 aromatic rings. The van der Waals surface area contributed by atoms with Crippen molar-refractivity contribution >= 4 is 17.8 Å². The SMILES string of the molecule is O=C(O)CNC(=O)C1C2c3ccccc3C(c3ccccc32)C1C(=O)O. The van der Waals surface area contributed by atoms with E-state index in [0.717, 1.165) is 22.3 Å². The van der Waals surface area contributed by atoms with E-state index < -0.39 is 48.1 Å². The van der Waals surface area contributed by atoms with Crippen LogP contribution in [0.5, 0.6) is 0 Å². The second-order valence-corrected chi connectivity index (χ2v) is 6.71. The maximum Gasteiger partial charge on any atom is 0.322 e. The highest BCUT2D eigenvalue weighted by Crippen LogP contribution is 2.58. The van der Waals surface area contributed by atoms with E-state index in [9.17, 15) is 19.5 Å². The molecule has 3 aliphatic carbocycles. The summed E-state index contributed by atoms with van der Waals surface area (Å²) in [5.41, 5.74) is 3.77. The number of carbonyl (C=O) groups excluding carboxylic acids is 1. The van der Waals surface area contributed by atoms with Gasteiger partial charge >= 0.3 is 11.9 Å². The molecule has 132 valence electrons. The van der Waals surface area contributed by atoms with Gasteiger partial charge in [-0.05, 0) is 22.3 Å². The van der Waals surface area contributed by atoms with Crippen LogP contribution in [0.15, 0.2) is 48.5 Å². The molecule has 5 rings (SSSR count). The van der Waals surface area contributed by atoms with E-state index in [1.165, 1.54) is 0 Å². The van der Waals surface area contributed by atoms with Crippen LogP contribution in [0.3, 0.4) is 0 Å². The Kier molecular flexibility index (Phi) is 3.76. The third-order valence-electron chi connectivity index (χ3n) is 5.44. The molecule has 0 radical (unpaired) electrons. The van der Waals surface area contributed by atoms with E-state index in [-0.39, 0.29) is 0 Å². The van der Waals surface area contributed by atoms with Crippen molar-refractivity contribution in [2.45, 2.75) is 11.8 Å². The van der Waals surface area contributed by atoms with E-state index in [4.69, 9.17) is 5.11 Å². The summed E-state index contributed by atoms with van der Waals surface area (Å²) >= 11 is 0. The van der Waals surface area contributed by atoms with Gasteiger partial charge in [-0.15, -0.1) is 0 Å². The van der Waals surface area contributed by atoms with E-state index in [0.29, 0.717) is 0 Å². The summed E-state index contributed by atoms with van der Waals surface area (Å²) < 4.78 is 0. The van der Waals surface area contributed by atoms with Crippen molar-refractivity contribution in [2.24, 2.45) is 11.8 Å². The average Bonchev–Trinajstić information content (AvgIpc) is 2.65. The van der Waals surface area contributed by atoms with Crippen LogP contribution in [-0.4, -0.2) is 34.6 Å². The molecule has 6 heteroatoms. The molecule has 0 aliphatic heterocycles. The maximum absolute atomic E-state index is 12.8. The molecule has 2 aromatic carbocycles. The molecule has 2 bridgehead atoms. The minimum atomic E-state index is -1.16. The van der Waals surface area contributed by atoms with Crippen molar-refractivity contribution < 1.29 is 24.6 Å². The molecule has 2 atom stereocenters. The Balaban J connectivity index is 1.89. The summed E-state index contributed by atoms with van der Waals surface area (Å²) in [5.74, 6) is -5.33. The van der Waals surface area contributed by atoms with Crippen LogP contribution in [0.2, 0.25) is 0 Å². The van der Waals surface area contributed by atoms with Crippen LogP contribution in [0, 0.1) is 11.8 Å². The average molecular weight is 351 g/mol. The van der Waals surface area contributed by atoms with Gasteiger partial charge < -0.3 is 15.5 Å². The molecule has 2 unspecified atom stereocenters. The minimum absolute atomic E-state index is 0.401. The highest BCUT2D eigenvalue weighted by molar-refractivity contribution is 5.91. The van der Waals surface area contributed by atoms with Gasteiger partial charge in [0.1, 0.15) is 6.54 Å². The van der Waals surface area contributed by atoms with E-state index in [1.54, 1.807) is 0 Å². The number of hydrogen-bond acceptors (Lipinski definition) is 3. The van der Waals surface area contributed by atoms with Crippen LogP contribution < -0.4 is 5.32 Å². The van der Waals surface area contributed by atoms with Crippen LogP contribution in [0.1, 0.15) is 34.1 Å². The molecule has 0 aromatic heterocycles. The first-order valence-electron chi connectivity index (χ1n) is 8.40. The summed E-state index contributed by atoms with van der Waals surface area (Å²) in [7, 11) is 0. The molecule has 0 saturated heterocycles. The lowest BCUT2D eigenvalue weighted by atomic mass is 9.54. The van der Waals surface area contributed by atoms with Gasteiger partial charge in [-0.3, -0.25) is 14.4 Å². The zero-order chi connectivity index (χ0) is 18.4. The van der Waals surface area contributed by atoms with Crippen LogP contribution >= 0.6 is 0 Å². The topological polar surface area (TPSA) is 104 Å². The number of fused-ring (bicyclic) bond motifs is 1. The molecular formula is C20H17NO5. The number of aliphatic carboxylic acids is 2. The van der Waals surface area contributed by atoms with E-state index in [2.05, 4.69) is 5.32 Å². The highest BCUT2D eigenvalue weighted by atomic mass is 16.4. The van der Waals surface area contributed by atoms with Gasteiger partial charge in [0, 0.05) is 11.8 Å². The Morgan fingerprint density at radius 2 is 1.19 bits per heavy atom. The molecule has 0 fully saturated rings. The number of amides is 1. The van der Waals surface area contributed by atoms with E-state index in [1.807, 2.05) is 48.5 Å². The molecule has 3 aliphatic rings. The Labute approximate surface area is 149 Å². The lowest BCUT2D eigenvalue weighted by molar-refractivity contribution is -0.149. The van der Waals surface area contributed by atoms with Gasteiger partial charge in [-0.2, -0.15) is 0 Å². The van der Waals surface area contributed by atoms with Gasteiger partial charge in [0.2, 0.25) is 5.91 Å². The normalized spacial score (nSPS) is 25.1. The number of hydrogen-bond donors (Lipinski definition) is 3. The lowest BCUT2D eigenvalue weighted by Gasteiger charge is -2.48. The molecule has 0 spiro atoms. The van der Waals surface area contributed by atoms with Crippen molar-refractivity contribution in [1.82, 2.24) is 5.32 Å². The molecule has 0 saturated carbocycles.